The van der Waals surface area contributed by atoms with E-state index >= 15 is 0 Å². The molecule has 0 atom stereocenters. The molecule has 4 heteroatoms. The van der Waals surface area contributed by atoms with Crippen LogP contribution in [0.2, 0.25) is 0 Å². The average molecular weight is 233 g/mol. The summed E-state index contributed by atoms with van der Waals surface area (Å²) in [5.74, 6) is 0. The van der Waals surface area contributed by atoms with Crippen molar-refractivity contribution in [1.29, 1.82) is 0 Å². The summed E-state index contributed by atoms with van der Waals surface area (Å²) in [5.41, 5.74) is 11.9. The van der Waals surface area contributed by atoms with Crippen molar-refractivity contribution in [2.45, 2.75) is 13.3 Å². The highest BCUT2D eigenvalue weighted by Gasteiger charge is 1.99. The van der Waals surface area contributed by atoms with Crippen LogP contribution in [0.4, 0.5) is 11.4 Å². The third kappa shape index (κ3) is 2.73. The van der Waals surface area contributed by atoms with Gasteiger partial charge in [0.25, 0.3) is 0 Å². The summed E-state index contributed by atoms with van der Waals surface area (Å²) in [6, 6.07) is 6.05. The molecule has 0 aliphatic rings. The first-order valence-corrected chi connectivity index (χ1v) is 6.17. The lowest BCUT2D eigenvalue weighted by atomic mass is 10.2. The minimum atomic E-state index is 0.804. The number of benzene rings is 1. The lowest BCUT2D eigenvalue weighted by Gasteiger charge is -2.09. The summed E-state index contributed by atoms with van der Waals surface area (Å²) < 4.78 is 0. The number of nitrogens with two attached hydrogens (primary N) is 1. The molecule has 3 nitrogen and oxygen atoms in total. The summed E-state index contributed by atoms with van der Waals surface area (Å²) in [6.45, 7) is 2.90. The number of anilines is 2. The molecule has 2 rings (SSSR count). The molecular weight excluding hydrogens is 218 g/mol. The Kier molecular flexibility index (Phi) is 3.41. The predicted octanol–water partition coefficient (Wildman–Crippen LogP) is 2.69. The highest BCUT2D eigenvalue weighted by Crippen LogP contribution is 2.19. The Morgan fingerprint density at radius 1 is 1.44 bits per heavy atom. The number of hydrogen-bond donors (Lipinski definition) is 2. The molecule has 1 aromatic heterocycles. The summed E-state index contributed by atoms with van der Waals surface area (Å²) in [7, 11) is 0. The Morgan fingerprint density at radius 2 is 2.31 bits per heavy atom. The molecule has 0 saturated carbocycles. The minimum Gasteiger partial charge on any atom is -0.397 e. The third-order valence-corrected chi connectivity index (χ3v) is 3.02. The lowest BCUT2D eigenvalue weighted by Crippen LogP contribution is -2.07. The Balaban J connectivity index is 1.90. The maximum Gasteiger partial charge on any atom is 0.0794 e. The van der Waals surface area contributed by atoms with Crippen LogP contribution in [0.3, 0.4) is 0 Å². The van der Waals surface area contributed by atoms with Gasteiger partial charge in [-0.2, -0.15) is 0 Å². The molecule has 2 aromatic rings. The maximum absolute atomic E-state index is 5.90. The number of nitrogens with zero attached hydrogens (tertiary/aromatic N) is 1. The number of aryl methyl sites for hydroxylation is 1. The van der Waals surface area contributed by atoms with E-state index in [1.54, 1.807) is 11.3 Å². The fourth-order valence-electron chi connectivity index (χ4n) is 1.53. The molecule has 84 valence electrons. The summed E-state index contributed by atoms with van der Waals surface area (Å²) in [4.78, 5) is 4.23. The molecular formula is C12H15N3S. The van der Waals surface area contributed by atoms with Gasteiger partial charge in [-0.05, 0) is 24.6 Å². The topological polar surface area (TPSA) is 50.9 Å². The molecule has 3 N–H and O–H groups in total. The van der Waals surface area contributed by atoms with Gasteiger partial charge >= 0.3 is 0 Å². The van der Waals surface area contributed by atoms with Crippen LogP contribution in [-0.2, 0) is 6.42 Å². The van der Waals surface area contributed by atoms with E-state index in [0.29, 0.717) is 0 Å². The Labute approximate surface area is 99.3 Å². The van der Waals surface area contributed by atoms with Crippen LogP contribution in [0.1, 0.15) is 11.3 Å². The molecule has 0 saturated heterocycles. The minimum absolute atomic E-state index is 0.804. The fraction of sp³-hybridized carbons (Fsp3) is 0.250. The van der Waals surface area contributed by atoms with Crippen molar-refractivity contribution in [3.05, 3.63) is 40.3 Å². The van der Waals surface area contributed by atoms with Crippen molar-refractivity contribution in [3.63, 3.8) is 0 Å². The van der Waals surface area contributed by atoms with Crippen LogP contribution in [0.25, 0.3) is 0 Å². The number of nitrogens with one attached hydrogen (secondary N) is 1. The molecule has 0 bridgehead atoms. The summed E-state index contributed by atoms with van der Waals surface area (Å²) in [6.07, 6.45) is 0.927. The van der Waals surface area contributed by atoms with E-state index in [4.69, 9.17) is 5.73 Å². The highest BCUT2D eigenvalue weighted by molar-refractivity contribution is 7.07. The molecule has 0 radical (unpaired) electrons. The molecule has 1 heterocycles. The molecule has 0 aliphatic heterocycles. The summed E-state index contributed by atoms with van der Waals surface area (Å²) >= 11 is 1.63. The molecule has 0 aliphatic carbocycles. The van der Waals surface area contributed by atoms with Gasteiger partial charge in [-0.3, -0.25) is 0 Å². The number of thiazole rings is 1. The largest absolute Gasteiger partial charge is 0.397 e. The number of aromatic nitrogens is 1. The van der Waals surface area contributed by atoms with E-state index in [-0.39, 0.29) is 0 Å². The molecule has 0 unspecified atom stereocenters. The van der Waals surface area contributed by atoms with Crippen molar-refractivity contribution >= 4 is 22.7 Å². The zero-order valence-corrected chi connectivity index (χ0v) is 10.1. The second-order valence-electron chi connectivity index (χ2n) is 3.75. The number of nitrogen functional groups attached to an aromatic ring is 1. The van der Waals surface area contributed by atoms with E-state index in [9.17, 15) is 0 Å². The SMILES string of the molecule is Cc1ccc(NCCc2cscn2)c(N)c1. The van der Waals surface area contributed by atoms with Gasteiger partial charge in [0.05, 0.1) is 22.6 Å². The summed E-state index contributed by atoms with van der Waals surface area (Å²) in [5, 5.41) is 5.39. The molecule has 0 spiro atoms. The van der Waals surface area contributed by atoms with Gasteiger partial charge in [0.2, 0.25) is 0 Å². The van der Waals surface area contributed by atoms with Crippen LogP contribution < -0.4 is 11.1 Å². The smallest absolute Gasteiger partial charge is 0.0794 e. The Morgan fingerprint density at radius 3 is 3.00 bits per heavy atom. The zero-order chi connectivity index (χ0) is 11.4. The standard InChI is InChI=1S/C12H15N3S/c1-9-2-3-12(11(13)6-9)14-5-4-10-7-16-8-15-10/h2-3,6-8,14H,4-5,13H2,1H3. The van der Waals surface area contributed by atoms with Gasteiger partial charge in [0.1, 0.15) is 0 Å². The van der Waals surface area contributed by atoms with Gasteiger partial charge in [0.15, 0.2) is 0 Å². The second kappa shape index (κ2) is 4.99. The molecule has 1 aromatic carbocycles. The van der Waals surface area contributed by atoms with E-state index in [2.05, 4.69) is 21.7 Å². The van der Waals surface area contributed by atoms with E-state index in [1.807, 2.05) is 24.6 Å². The first kappa shape index (κ1) is 11.0. The van der Waals surface area contributed by atoms with Gasteiger partial charge in [-0.1, -0.05) is 6.07 Å². The zero-order valence-electron chi connectivity index (χ0n) is 9.23. The highest BCUT2D eigenvalue weighted by atomic mass is 32.1. The van der Waals surface area contributed by atoms with Crippen molar-refractivity contribution in [3.8, 4) is 0 Å². The maximum atomic E-state index is 5.90. The Bertz CT molecular complexity index is 451. The van der Waals surface area contributed by atoms with Gasteiger partial charge in [0, 0.05) is 18.3 Å². The second-order valence-corrected chi connectivity index (χ2v) is 4.47. The fourth-order valence-corrected chi connectivity index (χ4v) is 2.12. The third-order valence-electron chi connectivity index (χ3n) is 2.39. The van der Waals surface area contributed by atoms with Crippen LogP contribution in [0.5, 0.6) is 0 Å². The molecule has 16 heavy (non-hydrogen) atoms. The number of rotatable bonds is 4. The van der Waals surface area contributed by atoms with Crippen LogP contribution in [0, 0.1) is 6.92 Å². The number of hydrogen-bond acceptors (Lipinski definition) is 4. The average Bonchev–Trinajstić information content (AvgIpc) is 2.74. The normalized spacial score (nSPS) is 10.3. The first-order chi connectivity index (χ1) is 7.75. The van der Waals surface area contributed by atoms with Crippen molar-refractivity contribution in [2.24, 2.45) is 0 Å². The van der Waals surface area contributed by atoms with Gasteiger partial charge < -0.3 is 11.1 Å². The van der Waals surface area contributed by atoms with E-state index in [0.717, 1.165) is 30.0 Å². The van der Waals surface area contributed by atoms with E-state index in [1.165, 1.54) is 5.56 Å². The van der Waals surface area contributed by atoms with Crippen molar-refractivity contribution in [2.75, 3.05) is 17.6 Å². The van der Waals surface area contributed by atoms with Gasteiger partial charge in [-0.25, -0.2) is 4.98 Å². The van der Waals surface area contributed by atoms with Crippen LogP contribution >= 0.6 is 11.3 Å². The first-order valence-electron chi connectivity index (χ1n) is 5.23. The van der Waals surface area contributed by atoms with Crippen LogP contribution in [0.15, 0.2) is 29.1 Å². The lowest BCUT2D eigenvalue weighted by molar-refractivity contribution is 0.978. The predicted molar refractivity (Wildman–Crippen MR) is 69.9 cm³/mol. The quantitative estimate of drug-likeness (QED) is 0.798. The Hall–Kier alpha value is -1.55. The van der Waals surface area contributed by atoms with E-state index < -0.39 is 0 Å². The van der Waals surface area contributed by atoms with Crippen LogP contribution in [-0.4, -0.2) is 11.5 Å². The monoisotopic (exact) mass is 233 g/mol. The molecule has 0 fully saturated rings. The van der Waals surface area contributed by atoms with Gasteiger partial charge in [-0.15, -0.1) is 11.3 Å². The van der Waals surface area contributed by atoms with Crippen molar-refractivity contribution in [1.82, 2.24) is 4.98 Å². The molecule has 0 amide bonds. The van der Waals surface area contributed by atoms with Crippen molar-refractivity contribution < 1.29 is 0 Å².